The third kappa shape index (κ3) is 4.07. The monoisotopic (exact) mass is 204 g/mol. The lowest BCUT2D eigenvalue weighted by Crippen LogP contribution is -2.01. The molecule has 0 radical (unpaired) electrons. The molecule has 0 heterocycles. The Morgan fingerprint density at radius 3 is 2.13 bits per heavy atom. The lowest BCUT2D eigenvalue weighted by molar-refractivity contribution is 0.454. The minimum Gasteiger partial charge on any atom is -0.0651 e. The second kappa shape index (κ2) is 6.66. The molecule has 0 aliphatic carbocycles. The second-order valence-electron chi connectivity index (χ2n) is 4.61. The zero-order chi connectivity index (χ0) is 11.1. The summed E-state index contributed by atoms with van der Waals surface area (Å²) in [6.07, 6.45) is 5.28. The third-order valence-electron chi connectivity index (χ3n) is 3.47. The number of hydrogen-bond acceptors (Lipinski definition) is 0. The molecule has 0 heteroatoms. The standard InChI is InChI=1S/C15H24/c1-4-13(3)11-12-14(5-2)15-9-7-6-8-10-15/h6-10,13-14H,4-5,11-12H2,1-3H3. The highest BCUT2D eigenvalue weighted by Crippen LogP contribution is 2.26. The maximum absolute atomic E-state index is 2.36. The molecule has 0 saturated heterocycles. The van der Waals surface area contributed by atoms with E-state index in [9.17, 15) is 0 Å². The van der Waals surface area contributed by atoms with Gasteiger partial charge < -0.3 is 0 Å². The van der Waals surface area contributed by atoms with Crippen LogP contribution in [0.25, 0.3) is 0 Å². The van der Waals surface area contributed by atoms with E-state index in [1.54, 1.807) is 0 Å². The van der Waals surface area contributed by atoms with E-state index in [-0.39, 0.29) is 0 Å². The van der Waals surface area contributed by atoms with Crippen LogP contribution in [0, 0.1) is 5.92 Å². The van der Waals surface area contributed by atoms with Crippen molar-refractivity contribution in [2.75, 3.05) is 0 Å². The molecule has 15 heavy (non-hydrogen) atoms. The summed E-state index contributed by atoms with van der Waals surface area (Å²) in [6, 6.07) is 10.9. The van der Waals surface area contributed by atoms with Crippen molar-refractivity contribution < 1.29 is 0 Å². The van der Waals surface area contributed by atoms with Crippen molar-refractivity contribution in [1.29, 1.82) is 0 Å². The van der Waals surface area contributed by atoms with E-state index >= 15 is 0 Å². The SMILES string of the molecule is CCC(C)CCC(CC)c1ccccc1. The maximum atomic E-state index is 2.36. The van der Waals surface area contributed by atoms with Crippen LogP contribution in [-0.4, -0.2) is 0 Å². The van der Waals surface area contributed by atoms with Gasteiger partial charge in [-0.15, -0.1) is 0 Å². The Balaban J connectivity index is 2.50. The third-order valence-corrected chi connectivity index (χ3v) is 3.47. The largest absolute Gasteiger partial charge is 0.0651 e. The van der Waals surface area contributed by atoms with Crippen molar-refractivity contribution in [1.82, 2.24) is 0 Å². The maximum Gasteiger partial charge on any atom is -0.0164 e. The van der Waals surface area contributed by atoms with Crippen LogP contribution in [0.2, 0.25) is 0 Å². The lowest BCUT2D eigenvalue weighted by Gasteiger charge is -2.17. The van der Waals surface area contributed by atoms with E-state index in [0.29, 0.717) is 0 Å². The van der Waals surface area contributed by atoms with E-state index in [0.717, 1.165) is 11.8 Å². The van der Waals surface area contributed by atoms with Crippen molar-refractivity contribution in [3.8, 4) is 0 Å². The number of hydrogen-bond donors (Lipinski definition) is 0. The van der Waals surface area contributed by atoms with E-state index < -0.39 is 0 Å². The molecule has 2 atom stereocenters. The van der Waals surface area contributed by atoms with Gasteiger partial charge in [0.15, 0.2) is 0 Å². The zero-order valence-corrected chi connectivity index (χ0v) is 10.4. The molecule has 1 aromatic rings. The fourth-order valence-electron chi connectivity index (χ4n) is 2.02. The molecule has 84 valence electrons. The zero-order valence-electron chi connectivity index (χ0n) is 10.4. The van der Waals surface area contributed by atoms with E-state index in [2.05, 4.69) is 51.1 Å². The predicted molar refractivity (Wildman–Crippen MR) is 68.2 cm³/mol. The summed E-state index contributed by atoms with van der Waals surface area (Å²) in [5.74, 6) is 1.64. The van der Waals surface area contributed by atoms with Crippen LogP contribution < -0.4 is 0 Å². The number of rotatable bonds is 6. The highest BCUT2D eigenvalue weighted by molar-refractivity contribution is 5.19. The van der Waals surface area contributed by atoms with Crippen molar-refractivity contribution in [3.63, 3.8) is 0 Å². The molecule has 0 aromatic heterocycles. The summed E-state index contributed by atoms with van der Waals surface area (Å²) in [7, 11) is 0. The Morgan fingerprint density at radius 1 is 0.933 bits per heavy atom. The van der Waals surface area contributed by atoms with Crippen LogP contribution in [0.15, 0.2) is 30.3 Å². The average Bonchev–Trinajstić information content (AvgIpc) is 2.31. The molecule has 0 aliphatic heterocycles. The van der Waals surface area contributed by atoms with E-state index in [4.69, 9.17) is 0 Å². The van der Waals surface area contributed by atoms with Gasteiger partial charge in [-0.3, -0.25) is 0 Å². The van der Waals surface area contributed by atoms with Gasteiger partial charge in [-0.2, -0.15) is 0 Å². The van der Waals surface area contributed by atoms with Gasteiger partial charge in [0.1, 0.15) is 0 Å². The van der Waals surface area contributed by atoms with Crippen LogP contribution >= 0.6 is 0 Å². The van der Waals surface area contributed by atoms with E-state index in [1.165, 1.54) is 31.2 Å². The molecular weight excluding hydrogens is 180 g/mol. The molecule has 0 saturated carbocycles. The first-order chi connectivity index (χ1) is 7.27. The summed E-state index contributed by atoms with van der Waals surface area (Å²) in [5, 5.41) is 0. The summed E-state index contributed by atoms with van der Waals surface area (Å²) >= 11 is 0. The average molecular weight is 204 g/mol. The first-order valence-electron chi connectivity index (χ1n) is 6.32. The molecule has 0 aliphatic rings. The highest BCUT2D eigenvalue weighted by atomic mass is 14.1. The van der Waals surface area contributed by atoms with Crippen molar-refractivity contribution in [2.24, 2.45) is 5.92 Å². The minimum atomic E-state index is 0.764. The molecule has 0 bridgehead atoms. The second-order valence-corrected chi connectivity index (χ2v) is 4.61. The molecule has 1 aromatic carbocycles. The Labute approximate surface area is 94.7 Å². The van der Waals surface area contributed by atoms with Crippen molar-refractivity contribution >= 4 is 0 Å². The fraction of sp³-hybridized carbons (Fsp3) is 0.600. The molecule has 0 spiro atoms. The quantitative estimate of drug-likeness (QED) is 0.611. The molecule has 0 nitrogen and oxygen atoms in total. The minimum absolute atomic E-state index is 0.764. The first kappa shape index (κ1) is 12.3. The summed E-state index contributed by atoms with van der Waals surface area (Å²) in [5.41, 5.74) is 1.52. The molecular formula is C15H24. The van der Waals surface area contributed by atoms with Gasteiger partial charge in [0.2, 0.25) is 0 Å². The Bertz CT molecular complexity index is 250. The molecule has 0 amide bonds. The van der Waals surface area contributed by atoms with Gasteiger partial charge in [0.05, 0.1) is 0 Å². The normalized spacial score (nSPS) is 14.9. The van der Waals surface area contributed by atoms with Crippen LogP contribution in [0.3, 0.4) is 0 Å². The van der Waals surface area contributed by atoms with E-state index in [1.807, 2.05) is 0 Å². The Kier molecular flexibility index (Phi) is 5.45. The van der Waals surface area contributed by atoms with Gasteiger partial charge in [-0.1, -0.05) is 63.9 Å². The topological polar surface area (TPSA) is 0 Å². The Hall–Kier alpha value is -0.780. The van der Waals surface area contributed by atoms with Crippen LogP contribution in [0.1, 0.15) is 57.9 Å². The molecule has 2 unspecified atom stereocenters. The van der Waals surface area contributed by atoms with Crippen molar-refractivity contribution in [2.45, 2.75) is 52.4 Å². The summed E-state index contributed by atoms with van der Waals surface area (Å²) in [6.45, 7) is 6.94. The van der Waals surface area contributed by atoms with Crippen LogP contribution in [0.5, 0.6) is 0 Å². The van der Waals surface area contributed by atoms with Gasteiger partial charge in [0, 0.05) is 0 Å². The molecule has 1 rings (SSSR count). The molecule has 0 N–H and O–H groups in total. The fourth-order valence-corrected chi connectivity index (χ4v) is 2.02. The highest BCUT2D eigenvalue weighted by Gasteiger charge is 2.10. The van der Waals surface area contributed by atoms with Crippen LogP contribution in [0.4, 0.5) is 0 Å². The number of benzene rings is 1. The van der Waals surface area contributed by atoms with Gasteiger partial charge in [-0.25, -0.2) is 0 Å². The lowest BCUT2D eigenvalue weighted by atomic mass is 9.88. The van der Waals surface area contributed by atoms with Gasteiger partial charge >= 0.3 is 0 Å². The molecule has 0 fully saturated rings. The summed E-state index contributed by atoms with van der Waals surface area (Å²) < 4.78 is 0. The summed E-state index contributed by atoms with van der Waals surface area (Å²) in [4.78, 5) is 0. The van der Waals surface area contributed by atoms with Crippen LogP contribution in [-0.2, 0) is 0 Å². The van der Waals surface area contributed by atoms with Gasteiger partial charge in [-0.05, 0) is 30.2 Å². The first-order valence-corrected chi connectivity index (χ1v) is 6.32. The smallest absolute Gasteiger partial charge is 0.0164 e. The van der Waals surface area contributed by atoms with Crippen molar-refractivity contribution in [3.05, 3.63) is 35.9 Å². The predicted octanol–water partition coefficient (Wildman–Crippen LogP) is 5.01. The Morgan fingerprint density at radius 2 is 1.60 bits per heavy atom. The van der Waals surface area contributed by atoms with Gasteiger partial charge in [0.25, 0.3) is 0 Å².